The number of hydrogen-bond acceptors (Lipinski definition) is 6. The van der Waals surface area contributed by atoms with E-state index in [1.807, 2.05) is 0 Å². The fraction of sp³-hybridized carbons (Fsp3) is 0.951. The van der Waals surface area contributed by atoms with Gasteiger partial charge in [0.2, 0.25) is 0 Å². The van der Waals surface area contributed by atoms with Gasteiger partial charge in [0.25, 0.3) is 0 Å². The Kier molecular flexibility index (Phi) is 52.5. The zero-order valence-electron chi connectivity index (χ0n) is 46.0. The van der Waals surface area contributed by atoms with Gasteiger partial charge >= 0.3 is 17.9 Å². The summed E-state index contributed by atoms with van der Waals surface area (Å²) in [5, 5.41) is 0. The third-order valence-corrected chi connectivity index (χ3v) is 14.3. The van der Waals surface area contributed by atoms with Crippen LogP contribution in [0.5, 0.6) is 0 Å². The SMILES string of the molecule is CCCCCCCCCCCCCCCCCCC(=O)OC[C@H](COC(=O)CCCCCCCCCCCCCCCCCCC(C)C)OC(=O)CCCCCCCCCCCCC(C)CC. The summed E-state index contributed by atoms with van der Waals surface area (Å²) < 4.78 is 16.9. The first kappa shape index (κ1) is 65.4. The number of ether oxygens (including phenoxy) is 3. The highest BCUT2D eigenvalue weighted by atomic mass is 16.6. The van der Waals surface area contributed by atoms with E-state index in [9.17, 15) is 14.4 Å². The highest BCUT2D eigenvalue weighted by molar-refractivity contribution is 5.71. The van der Waals surface area contributed by atoms with Crippen LogP contribution in [-0.2, 0) is 28.6 Å². The molecule has 0 rings (SSSR count). The van der Waals surface area contributed by atoms with Crippen LogP contribution in [-0.4, -0.2) is 37.2 Å². The fourth-order valence-corrected chi connectivity index (χ4v) is 9.37. The van der Waals surface area contributed by atoms with Gasteiger partial charge in [0.1, 0.15) is 13.2 Å². The Labute approximate surface area is 418 Å². The zero-order valence-corrected chi connectivity index (χ0v) is 46.0. The number of carbonyl (C=O) groups is 3. The van der Waals surface area contributed by atoms with Crippen LogP contribution >= 0.6 is 0 Å². The van der Waals surface area contributed by atoms with E-state index in [0.717, 1.165) is 69.6 Å². The Balaban J connectivity index is 4.28. The van der Waals surface area contributed by atoms with Crippen molar-refractivity contribution in [1.29, 1.82) is 0 Å². The van der Waals surface area contributed by atoms with E-state index in [0.29, 0.717) is 19.3 Å². The average molecular weight is 948 g/mol. The van der Waals surface area contributed by atoms with Crippen molar-refractivity contribution in [1.82, 2.24) is 0 Å². The largest absolute Gasteiger partial charge is 0.462 e. The first-order valence-corrected chi connectivity index (χ1v) is 30.3. The number of rotatable bonds is 55. The molecule has 1 unspecified atom stereocenters. The third-order valence-electron chi connectivity index (χ3n) is 14.3. The molecule has 398 valence electrons. The normalized spacial score (nSPS) is 12.4. The molecule has 0 aliphatic heterocycles. The second kappa shape index (κ2) is 53.8. The molecule has 0 heterocycles. The molecule has 0 saturated carbocycles. The number of carbonyl (C=O) groups excluding carboxylic acids is 3. The van der Waals surface area contributed by atoms with Crippen molar-refractivity contribution in [2.45, 2.75) is 349 Å². The fourth-order valence-electron chi connectivity index (χ4n) is 9.37. The lowest BCUT2D eigenvalue weighted by Gasteiger charge is -2.18. The maximum atomic E-state index is 12.9. The summed E-state index contributed by atoms with van der Waals surface area (Å²) in [6, 6.07) is 0. The van der Waals surface area contributed by atoms with Crippen LogP contribution in [0.15, 0.2) is 0 Å². The molecule has 6 heteroatoms. The molecule has 2 atom stereocenters. The van der Waals surface area contributed by atoms with Crippen LogP contribution in [0, 0.1) is 11.8 Å². The summed E-state index contributed by atoms with van der Waals surface area (Å²) >= 11 is 0. The summed E-state index contributed by atoms with van der Waals surface area (Å²) in [5.41, 5.74) is 0. The standard InChI is InChI=1S/C61H118O6/c1-6-8-9-10-11-12-13-14-15-19-22-25-31-36-41-46-51-59(62)65-54-58(67-61(64)53-48-43-38-33-28-27-30-35-40-45-50-57(5)7-2)55-66-60(63)52-47-42-37-32-26-23-20-17-16-18-21-24-29-34-39-44-49-56(3)4/h56-58H,6-55H2,1-5H3/t57?,58-/m1/s1. The minimum Gasteiger partial charge on any atom is -0.462 e. The minimum atomic E-state index is -0.763. The van der Waals surface area contributed by atoms with E-state index < -0.39 is 6.10 Å². The molecule has 0 radical (unpaired) electrons. The van der Waals surface area contributed by atoms with Gasteiger partial charge in [-0.15, -0.1) is 0 Å². The van der Waals surface area contributed by atoms with E-state index in [1.165, 1.54) is 231 Å². The molecule has 0 amide bonds. The van der Waals surface area contributed by atoms with Crippen LogP contribution in [0.3, 0.4) is 0 Å². The van der Waals surface area contributed by atoms with E-state index in [2.05, 4.69) is 34.6 Å². The summed E-state index contributed by atoms with van der Waals surface area (Å²) in [5.74, 6) is 0.884. The van der Waals surface area contributed by atoms with Crippen molar-refractivity contribution >= 4 is 17.9 Å². The molecule has 0 saturated heterocycles. The quantitative estimate of drug-likeness (QED) is 0.0343. The first-order chi connectivity index (χ1) is 32.8. The molecular formula is C61H118O6. The van der Waals surface area contributed by atoms with Gasteiger partial charge in [-0.1, -0.05) is 304 Å². The van der Waals surface area contributed by atoms with Crippen molar-refractivity contribution in [3.05, 3.63) is 0 Å². The van der Waals surface area contributed by atoms with E-state index in [4.69, 9.17) is 14.2 Å². The maximum absolute atomic E-state index is 12.9. The second-order valence-corrected chi connectivity index (χ2v) is 21.7. The van der Waals surface area contributed by atoms with E-state index in [-0.39, 0.29) is 31.1 Å². The van der Waals surface area contributed by atoms with Crippen molar-refractivity contribution in [3.63, 3.8) is 0 Å². The Bertz CT molecular complexity index is 1030. The molecule has 0 aromatic carbocycles. The average Bonchev–Trinajstić information content (AvgIpc) is 3.31. The van der Waals surface area contributed by atoms with Crippen molar-refractivity contribution < 1.29 is 28.6 Å². The smallest absolute Gasteiger partial charge is 0.306 e. The van der Waals surface area contributed by atoms with Gasteiger partial charge in [0.15, 0.2) is 6.10 Å². The molecule has 6 nitrogen and oxygen atoms in total. The monoisotopic (exact) mass is 947 g/mol. The van der Waals surface area contributed by atoms with Crippen LogP contribution in [0.1, 0.15) is 343 Å². The van der Waals surface area contributed by atoms with Crippen molar-refractivity contribution in [2.24, 2.45) is 11.8 Å². The summed E-state index contributed by atoms with van der Waals surface area (Å²) in [6.45, 7) is 11.5. The van der Waals surface area contributed by atoms with Gasteiger partial charge in [-0.2, -0.15) is 0 Å². The van der Waals surface area contributed by atoms with Gasteiger partial charge in [-0.3, -0.25) is 14.4 Å². The zero-order chi connectivity index (χ0) is 48.9. The topological polar surface area (TPSA) is 78.9 Å². The predicted octanol–water partition coefficient (Wildman–Crippen LogP) is 20.0. The number of unbranched alkanes of at least 4 members (excludes halogenated alkanes) is 39. The number of esters is 3. The van der Waals surface area contributed by atoms with Crippen molar-refractivity contribution in [3.8, 4) is 0 Å². The molecule has 0 bridgehead atoms. The van der Waals surface area contributed by atoms with Crippen molar-refractivity contribution in [2.75, 3.05) is 13.2 Å². The molecule has 0 aliphatic carbocycles. The Morgan fingerprint density at radius 2 is 0.567 bits per heavy atom. The molecule has 0 aromatic heterocycles. The van der Waals surface area contributed by atoms with Crippen LogP contribution in [0.2, 0.25) is 0 Å². The van der Waals surface area contributed by atoms with Gasteiger partial charge in [0.05, 0.1) is 0 Å². The molecule has 0 fully saturated rings. The van der Waals surface area contributed by atoms with Crippen LogP contribution < -0.4 is 0 Å². The molecule has 0 spiro atoms. The molecular weight excluding hydrogens is 829 g/mol. The third kappa shape index (κ3) is 53.6. The highest BCUT2D eigenvalue weighted by Crippen LogP contribution is 2.19. The predicted molar refractivity (Wildman–Crippen MR) is 289 cm³/mol. The first-order valence-electron chi connectivity index (χ1n) is 30.3. The molecule has 0 aliphatic rings. The lowest BCUT2D eigenvalue weighted by molar-refractivity contribution is -0.167. The summed E-state index contributed by atoms with van der Waals surface area (Å²) in [7, 11) is 0. The maximum Gasteiger partial charge on any atom is 0.306 e. The van der Waals surface area contributed by atoms with Crippen LogP contribution in [0.25, 0.3) is 0 Å². The Morgan fingerprint density at radius 1 is 0.313 bits per heavy atom. The Hall–Kier alpha value is -1.59. The number of hydrogen-bond donors (Lipinski definition) is 0. The molecule has 67 heavy (non-hydrogen) atoms. The van der Waals surface area contributed by atoms with Gasteiger partial charge in [-0.05, 0) is 31.1 Å². The highest BCUT2D eigenvalue weighted by Gasteiger charge is 2.19. The lowest BCUT2D eigenvalue weighted by Crippen LogP contribution is -2.30. The van der Waals surface area contributed by atoms with Crippen LogP contribution in [0.4, 0.5) is 0 Å². The van der Waals surface area contributed by atoms with Gasteiger partial charge in [0, 0.05) is 19.3 Å². The molecule has 0 aromatic rings. The Morgan fingerprint density at radius 3 is 0.851 bits per heavy atom. The summed E-state index contributed by atoms with van der Waals surface area (Å²) in [6.07, 6.45) is 58.0. The lowest BCUT2D eigenvalue weighted by atomic mass is 9.99. The summed E-state index contributed by atoms with van der Waals surface area (Å²) in [4.78, 5) is 38.2. The van der Waals surface area contributed by atoms with E-state index >= 15 is 0 Å². The second-order valence-electron chi connectivity index (χ2n) is 21.7. The van der Waals surface area contributed by atoms with Gasteiger partial charge < -0.3 is 14.2 Å². The van der Waals surface area contributed by atoms with E-state index in [1.54, 1.807) is 0 Å². The van der Waals surface area contributed by atoms with Gasteiger partial charge in [-0.25, -0.2) is 0 Å². The minimum absolute atomic E-state index is 0.0625. The molecule has 0 N–H and O–H groups in total.